The van der Waals surface area contributed by atoms with Gasteiger partial charge in [0.25, 0.3) is 5.91 Å². The fraction of sp³-hybridized carbons (Fsp3) is 0.312. The Morgan fingerprint density at radius 3 is 2.62 bits per heavy atom. The topological polar surface area (TPSA) is 66.9 Å². The van der Waals surface area contributed by atoms with E-state index in [-0.39, 0.29) is 23.2 Å². The van der Waals surface area contributed by atoms with Gasteiger partial charge in [-0.3, -0.25) is 4.79 Å². The first-order valence-electron chi connectivity index (χ1n) is 7.37. The van der Waals surface area contributed by atoms with E-state index in [1.165, 1.54) is 24.3 Å². The Morgan fingerprint density at radius 1 is 1.25 bits per heavy atom. The number of carbonyl (C=O) groups is 1. The third kappa shape index (κ3) is 4.43. The van der Waals surface area contributed by atoms with E-state index < -0.39 is 17.6 Å². The van der Waals surface area contributed by atoms with Crippen molar-refractivity contribution in [2.75, 3.05) is 5.32 Å². The van der Waals surface area contributed by atoms with Gasteiger partial charge < -0.3 is 10.6 Å². The molecule has 2 aromatic rings. The van der Waals surface area contributed by atoms with Crippen molar-refractivity contribution in [3.63, 3.8) is 0 Å². The third-order valence-corrected chi connectivity index (χ3v) is 3.38. The number of hydrogen-bond acceptors (Lipinski definition) is 4. The van der Waals surface area contributed by atoms with Crippen molar-refractivity contribution in [1.82, 2.24) is 15.3 Å². The average Bonchev–Trinajstić information content (AvgIpc) is 2.54. The lowest BCUT2D eigenvalue weighted by Gasteiger charge is -2.14. The van der Waals surface area contributed by atoms with Crippen LogP contribution >= 0.6 is 0 Å². The maximum Gasteiger partial charge on any atom is 0.418 e. The number of nitrogens with one attached hydrogen (secondary N) is 2. The molecule has 2 N–H and O–H groups in total. The molecule has 1 heterocycles. The van der Waals surface area contributed by atoms with E-state index in [1.54, 1.807) is 0 Å². The normalized spacial score (nSPS) is 12.5. The van der Waals surface area contributed by atoms with Gasteiger partial charge in [-0.2, -0.15) is 13.2 Å². The molecule has 0 radical (unpaired) electrons. The largest absolute Gasteiger partial charge is 0.418 e. The van der Waals surface area contributed by atoms with E-state index in [9.17, 15) is 18.0 Å². The quantitative estimate of drug-likeness (QED) is 0.871. The number of nitrogens with zero attached hydrogens (tertiary/aromatic N) is 2. The molecule has 5 nitrogen and oxygen atoms in total. The molecule has 0 saturated heterocycles. The van der Waals surface area contributed by atoms with Crippen LogP contribution in [0.25, 0.3) is 0 Å². The van der Waals surface area contributed by atoms with E-state index in [0.717, 1.165) is 18.8 Å². The smallest absolute Gasteiger partial charge is 0.348 e. The SMILES string of the molecule is CCC(C)NC(=O)c1cc(Nc2ccccc2C(F)(F)F)ncn1. The fourth-order valence-corrected chi connectivity index (χ4v) is 1.93. The summed E-state index contributed by atoms with van der Waals surface area (Å²) >= 11 is 0. The minimum Gasteiger partial charge on any atom is -0.348 e. The van der Waals surface area contributed by atoms with E-state index in [1.807, 2.05) is 13.8 Å². The Morgan fingerprint density at radius 2 is 1.96 bits per heavy atom. The summed E-state index contributed by atoms with van der Waals surface area (Å²) in [5, 5.41) is 5.33. The molecule has 1 amide bonds. The number of benzene rings is 1. The predicted molar refractivity (Wildman–Crippen MR) is 84.0 cm³/mol. The van der Waals surface area contributed by atoms with Gasteiger partial charge in [0.1, 0.15) is 17.8 Å². The Labute approximate surface area is 137 Å². The molecule has 128 valence electrons. The highest BCUT2D eigenvalue weighted by atomic mass is 19.4. The van der Waals surface area contributed by atoms with Crippen LogP contribution in [0.15, 0.2) is 36.7 Å². The van der Waals surface area contributed by atoms with E-state index >= 15 is 0 Å². The Hall–Kier alpha value is -2.64. The molecule has 0 saturated carbocycles. The molecule has 0 aliphatic heterocycles. The summed E-state index contributed by atoms with van der Waals surface area (Å²) in [7, 11) is 0. The third-order valence-electron chi connectivity index (χ3n) is 3.38. The number of alkyl halides is 3. The number of amides is 1. The van der Waals surface area contributed by atoms with Crippen molar-refractivity contribution in [3.8, 4) is 0 Å². The van der Waals surface area contributed by atoms with E-state index in [0.29, 0.717) is 0 Å². The Kier molecular flexibility index (Phi) is 5.38. The molecular formula is C16H17F3N4O. The zero-order valence-corrected chi connectivity index (χ0v) is 13.2. The van der Waals surface area contributed by atoms with Crippen LogP contribution in [0.5, 0.6) is 0 Å². The molecule has 0 aliphatic rings. The molecular weight excluding hydrogens is 321 g/mol. The second-order valence-corrected chi connectivity index (χ2v) is 5.24. The lowest BCUT2D eigenvalue weighted by molar-refractivity contribution is -0.136. The first kappa shape index (κ1) is 17.7. The molecule has 0 aliphatic carbocycles. The second kappa shape index (κ2) is 7.29. The molecule has 8 heteroatoms. The maximum absolute atomic E-state index is 13.0. The summed E-state index contributed by atoms with van der Waals surface area (Å²) in [4.78, 5) is 19.8. The van der Waals surface area contributed by atoms with Crippen LogP contribution < -0.4 is 10.6 Å². The molecule has 0 fully saturated rings. The van der Waals surface area contributed by atoms with Crippen molar-refractivity contribution in [2.24, 2.45) is 0 Å². The van der Waals surface area contributed by atoms with Crippen LogP contribution in [-0.2, 0) is 6.18 Å². The van der Waals surface area contributed by atoms with Gasteiger partial charge in [0, 0.05) is 12.1 Å². The van der Waals surface area contributed by atoms with Crippen molar-refractivity contribution in [1.29, 1.82) is 0 Å². The summed E-state index contributed by atoms with van der Waals surface area (Å²) in [6.45, 7) is 3.77. The standard InChI is InChI=1S/C16H17F3N4O/c1-3-10(2)22-15(24)13-8-14(21-9-20-13)23-12-7-5-4-6-11(12)16(17,18)19/h4-10H,3H2,1-2H3,(H,22,24)(H,20,21,23). The number of para-hydroxylation sites is 1. The minimum atomic E-state index is -4.49. The van der Waals surface area contributed by atoms with Gasteiger partial charge in [-0.1, -0.05) is 19.1 Å². The Balaban J connectivity index is 2.23. The van der Waals surface area contributed by atoms with Crippen LogP contribution in [0.1, 0.15) is 36.3 Å². The lowest BCUT2D eigenvalue weighted by atomic mass is 10.1. The number of carbonyl (C=O) groups excluding carboxylic acids is 1. The molecule has 0 spiro atoms. The zero-order valence-electron chi connectivity index (χ0n) is 13.2. The van der Waals surface area contributed by atoms with Crippen molar-refractivity contribution >= 4 is 17.4 Å². The van der Waals surface area contributed by atoms with Gasteiger partial charge in [0.05, 0.1) is 11.3 Å². The molecule has 1 unspecified atom stereocenters. The van der Waals surface area contributed by atoms with Crippen LogP contribution in [0.4, 0.5) is 24.7 Å². The van der Waals surface area contributed by atoms with E-state index in [2.05, 4.69) is 20.6 Å². The van der Waals surface area contributed by atoms with Gasteiger partial charge in [-0.05, 0) is 25.5 Å². The Bertz CT molecular complexity index is 718. The summed E-state index contributed by atoms with van der Waals surface area (Å²) in [5.74, 6) is -0.296. The van der Waals surface area contributed by atoms with Crippen molar-refractivity contribution in [2.45, 2.75) is 32.5 Å². The molecule has 2 rings (SSSR count). The number of rotatable bonds is 5. The van der Waals surface area contributed by atoms with Crippen LogP contribution in [-0.4, -0.2) is 21.9 Å². The highest BCUT2D eigenvalue weighted by Gasteiger charge is 2.33. The zero-order chi connectivity index (χ0) is 17.7. The number of anilines is 2. The van der Waals surface area contributed by atoms with Gasteiger partial charge in [0.15, 0.2) is 0 Å². The van der Waals surface area contributed by atoms with Crippen molar-refractivity contribution in [3.05, 3.63) is 47.9 Å². The first-order chi connectivity index (χ1) is 11.3. The first-order valence-corrected chi connectivity index (χ1v) is 7.37. The van der Waals surface area contributed by atoms with Crippen LogP contribution in [0.2, 0.25) is 0 Å². The number of halogens is 3. The number of hydrogen-bond donors (Lipinski definition) is 2. The van der Waals surface area contributed by atoms with Gasteiger partial charge in [-0.25, -0.2) is 9.97 Å². The summed E-state index contributed by atoms with van der Waals surface area (Å²) < 4.78 is 39.0. The molecule has 1 atom stereocenters. The second-order valence-electron chi connectivity index (χ2n) is 5.24. The van der Waals surface area contributed by atoms with Crippen LogP contribution in [0.3, 0.4) is 0 Å². The average molecular weight is 338 g/mol. The highest BCUT2D eigenvalue weighted by Crippen LogP contribution is 2.35. The maximum atomic E-state index is 13.0. The monoisotopic (exact) mass is 338 g/mol. The van der Waals surface area contributed by atoms with Crippen LogP contribution in [0, 0.1) is 0 Å². The molecule has 1 aromatic heterocycles. The van der Waals surface area contributed by atoms with Crippen molar-refractivity contribution < 1.29 is 18.0 Å². The molecule has 24 heavy (non-hydrogen) atoms. The summed E-state index contributed by atoms with van der Waals surface area (Å²) in [5.41, 5.74) is -0.872. The fourth-order valence-electron chi connectivity index (χ4n) is 1.93. The summed E-state index contributed by atoms with van der Waals surface area (Å²) in [6.07, 6.45) is -2.61. The molecule has 1 aromatic carbocycles. The van der Waals surface area contributed by atoms with Gasteiger partial charge in [0.2, 0.25) is 0 Å². The summed E-state index contributed by atoms with van der Waals surface area (Å²) in [6, 6.07) is 6.33. The molecule has 0 bridgehead atoms. The highest BCUT2D eigenvalue weighted by molar-refractivity contribution is 5.93. The van der Waals surface area contributed by atoms with E-state index in [4.69, 9.17) is 0 Å². The predicted octanol–water partition coefficient (Wildman–Crippen LogP) is 3.77. The van der Waals surface area contributed by atoms with Gasteiger partial charge in [-0.15, -0.1) is 0 Å². The lowest BCUT2D eigenvalue weighted by Crippen LogP contribution is -2.32. The number of aromatic nitrogens is 2. The van der Waals surface area contributed by atoms with Gasteiger partial charge >= 0.3 is 6.18 Å². The minimum absolute atomic E-state index is 0.0326.